The second kappa shape index (κ2) is 5.79. The van der Waals surface area contributed by atoms with Crippen LogP contribution in [0.25, 0.3) is 0 Å². The maximum absolute atomic E-state index is 11.8. The van der Waals surface area contributed by atoms with Crippen LogP contribution in [0, 0.1) is 5.92 Å². The highest BCUT2D eigenvalue weighted by atomic mass is 16.5. The zero-order valence-electron chi connectivity index (χ0n) is 10.6. The van der Waals surface area contributed by atoms with E-state index in [2.05, 4.69) is 10.3 Å². The van der Waals surface area contributed by atoms with Gasteiger partial charge >= 0.3 is 5.97 Å². The highest BCUT2D eigenvalue weighted by Crippen LogP contribution is 2.19. The third-order valence-corrected chi connectivity index (χ3v) is 3.30. The number of carbonyl (C=O) groups is 2. The summed E-state index contributed by atoms with van der Waals surface area (Å²) in [5.41, 5.74) is 0.283. The summed E-state index contributed by atoms with van der Waals surface area (Å²) in [6.45, 7) is 3.28. The van der Waals surface area contributed by atoms with Crippen molar-refractivity contribution in [2.45, 2.75) is 19.4 Å². The number of aromatic nitrogens is 1. The largest absolute Gasteiger partial charge is 0.477 e. The fraction of sp³-hybridized carbons (Fsp3) is 0.462. The number of amides is 1. The zero-order valence-corrected chi connectivity index (χ0v) is 10.6. The topological polar surface area (TPSA) is 88.5 Å². The van der Waals surface area contributed by atoms with Crippen LogP contribution in [0.1, 0.15) is 34.2 Å². The number of rotatable bonds is 4. The predicted molar refractivity (Wildman–Crippen MR) is 67.1 cm³/mol. The Bertz CT molecular complexity index is 472. The molecule has 6 heteroatoms. The molecule has 1 aliphatic rings. The van der Waals surface area contributed by atoms with Crippen molar-refractivity contribution in [1.29, 1.82) is 0 Å². The van der Waals surface area contributed by atoms with E-state index in [0.717, 1.165) is 13.0 Å². The van der Waals surface area contributed by atoms with Crippen LogP contribution < -0.4 is 5.32 Å². The quantitative estimate of drug-likeness (QED) is 0.844. The van der Waals surface area contributed by atoms with Crippen molar-refractivity contribution in [3.63, 3.8) is 0 Å². The molecule has 1 saturated heterocycles. The molecule has 0 aromatic carbocycles. The molecule has 2 rings (SSSR count). The summed E-state index contributed by atoms with van der Waals surface area (Å²) >= 11 is 0. The minimum atomic E-state index is -1.11. The van der Waals surface area contributed by atoms with Crippen molar-refractivity contribution in [1.82, 2.24) is 10.3 Å². The van der Waals surface area contributed by atoms with Gasteiger partial charge in [0.15, 0.2) is 0 Å². The van der Waals surface area contributed by atoms with Gasteiger partial charge in [-0.15, -0.1) is 0 Å². The lowest BCUT2D eigenvalue weighted by Crippen LogP contribution is -2.32. The molecule has 2 unspecified atom stereocenters. The minimum absolute atomic E-state index is 0.0747. The number of ether oxygens (including phenoxy) is 1. The number of carbonyl (C=O) groups excluding carboxylic acids is 1. The van der Waals surface area contributed by atoms with Crippen LogP contribution in [0.4, 0.5) is 0 Å². The summed E-state index contributed by atoms with van der Waals surface area (Å²) < 4.78 is 5.42. The molecule has 1 amide bonds. The zero-order chi connectivity index (χ0) is 13.8. The molecular formula is C13H16N2O4. The highest BCUT2D eigenvalue weighted by molar-refractivity contribution is 5.94. The Kier molecular flexibility index (Phi) is 4.11. The first kappa shape index (κ1) is 13.5. The van der Waals surface area contributed by atoms with E-state index in [-0.39, 0.29) is 17.7 Å². The van der Waals surface area contributed by atoms with Crippen molar-refractivity contribution >= 4 is 11.9 Å². The predicted octanol–water partition coefficient (Wildman–Crippen LogP) is 0.935. The van der Waals surface area contributed by atoms with Crippen LogP contribution in [0.5, 0.6) is 0 Å². The van der Waals surface area contributed by atoms with Gasteiger partial charge in [0, 0.05) is 25.3 Å². The second-order valence-corrected chi connectivity index (χ2v) is 4.57. The molecule has 1 aromatic rings. The Labute approximate surface area is 110 Å². The molecule has 1 fully saturated rings. The Hall–Kier alpha value is -1.95. The molecule has 0 saturated carbocycles. The molecule has 19 heavy (non-hydrogen) atoms. The number of hydrogen-bond donors (Lipinski definition) is 2. The molecule has 102 valence electrons. The molecule has 2 atom stereocenters. The first-order chi connectivity index (χ1) is 9.08. The number of nitrogens with zero attached hydrogens (tertiary/aromatic N) is 1. The normalized spacial score (nSPS) is 22.2. The van der Waals surface area contributed by atoms with Gasteiger partial charge in [-0.1, -0.05) is 0 Å². The fourth-order valence-electron chi connectivity index (χ4n) is 2.02. The molecule has 2 heterocycles. The Morgan fingerprint density at radius 3 is 2.84 bits per heavy atom. The van der Waals surface area contributed by atoms with Crippen LogP contribution in [0.2, 0.25) is 0 Å². The smallest absolute Gasteiger partial charge is 0.354 e. The van der Waals surface area contributed by atoms with Crippen molar-refractivity contribution in [3.05, 3.63) is 29.6 Å². The van der Waals surface area contributed by atoms with Crippen LogP contribution >= 0.6 is 0 Å². The van der Waals surface area contributed by atoms with Gasteiger partial charge in [-0.05, 0) is 25.5 Å². The molecule has 0 spiro atoms. The molecule has 0 bridgehead atoms. The third-order valence-electron chi connectivity index (χ3n) is 3.30. The van der Waals surface area contributed by atoms with E-state index >= 15 is 0 Å². The van der Waals surface area contributed by atoms with Crippen molar-refractivity contribution < 1.29 is 19.4 Å². The third kappa shape index (κ3) is 3.29. The van der Waals surface area contributed by atoms with E-state index in [1.165, 1.54) is 18.3 Å². The number of carboxylic acid groups (broad SMARTS) is 1. The summed E-state index contributed by atoms with van der Waals surface area (Å²) in [5, 5.41) is 11.5. The first-order valence-corrected chi connectivity index (χ1v) is 6.17. The van der Waals surface area contributed by atoms with Gasteiger partial charge in [-0.25, -0.2) is 9.78 Å². The molecule has 6 nitrogen and oxygen atoms in total. The van der Waals surface area contributed by atoms with Crippen molar-refractivity contribution in [2.24, 2.45) is 5.92 Å². The highest BCUT2D eigenvalue weighted by Gasteiger charge is 2.24. The average Bonchev–Trinajstić information content (AvgIpc) is 2.81. The SMILES string of the molecule is CC1OCCC1CNC(=O)c1ccc(C(=O)O)nc1. The lowest BCUT2D eigenvalue weighted by Gasteiger charge is -2.14. The summed E-state index contributed by atoms with van der Waals surface area (Å²) in [7, 11) is 0. The van der Waals surface area contributed by atoms with Gasteiger partial charge in [-0.2, -0.15) is 0 Å². The first-order valence-electron chi connectivity index (χ1n) is 6.17. The van der Waals surface area contributed by atoms with Gasteiger partial charge in [-0.3, -0.25) is 4.79 Å². The maximum atomic E-state index is 11.8. The number of carboxylic acids is 1. The van der Waals surface area contributed by atoms with Gasteiger partial charge < -0.3 is 15.2 Å². The number of nitrogens with one attached hydrogen (secondary N) is 1. The monoisotopic (exact) mass is 264 g/mol. The van der Waals surface area contributed by atoms with Gasteiger partial charge in [0.2, 0.25) is 0 Å². The van der Waals surface area contributed by atoms with Crippen molar-refractivity contribution in [3.8, 4) is 0 Å². The van der Waals surface area contributed by atoms with E-state index < -0.39 is 5.97 Å². The van der Waals surface area contributed by atoms with Gasteiger partial charge in [0.25, 0.3) is 5.91 Å². The van der Waals surface area contributed by atoms with Crippen LogP contribution in [0.15, 0.2) is 18.3 Å². The number of hydrogen-bond acceptors (Lipinski definition) is 4. The second-order valence-electron chi connectivity index (χ2n) is 4.57. The van der Waals surface area contributed by atoms with E-state index in [1.807, 2.05) is 6.92 Å². The Morgan fingerprint density at radius 1 is 1.53 bits per heavy atom. The molecule has 1 aliphatic heterocycles. The van der Waals surface area contributed by atoms with E-state index in [1.54, 1.807) is 0 Å². The standard InChI is InChI=1S/C13H16N2O4/c1-8-9(4-5-19-8)6-15-12(16)10-2-3-11(13(17)18)14-7-10/h2-3,7-9H,4-6H2,1H3,(H,15,16)(H,17,18). The molecular weight excluding hydrogens is 248 g/mol. The number of aromatic carboxylic acids is 1. The maximum Gasteiger partial charge on any atom is 0.354 e. The van der Waals surface area contributed by atoms with E-state index in [0.29, 0.717) is 18.0 Å². The van der Waals surface area contributed by atoms with E-state index in [4.69, 9.17) is 9.84 Å². The summed E-state index contributed by atoms with van der Waals surface area (Å²) in [6, 6.07) is 2.78. The van der Waals surface area contributed by atoms with Gasteiger partial charge in [0.1, 0.15) is 5.69 Å². The molecule has 0 radical (unpaired) electrons. The van der Waals surface area contributed by atoms with Crippen LogP contribution in [-0.4, -0.2) is 41.2 Å². The van der Waals surface area contributed by atoms with E-state index in [9.17, 15) is 9.59 Å². The lowest BCUT2D eigenvalue weighted by atomic mass is 10.0. The Morgan fingerprint density at radius 2 is 2.32 bits per heavy atom. The number of pyridine rings is 1. The molecule has 2 N–H and O–H groups in total. The average molecular weight is 264 g/mol. The molecule has 1 aromatic heterocycles. The summed E-state index contributed by atoms with van der Waals surface area (Å²) in [5.74, 6) is -1.03. The Balaban J connectivity index is 1.90. The van der Waals surface area contributed by atoms with Crippen LogP contribution in [-0.2, 0) is 4.74 Å². The fourth-order valence-corrected chi connectivity index (χ4v) is 2.02. The lowest BCUT2D eigenvalue weighted by molar-refractivity contribution is 0.0689. The van der Waals surface area contributed by atoms with Crippen LogP contribution in [0.3, 0.4) is 0 Å². The summed E-state index contributed by atoms with van der Waals surface area (Å²) in [4.78, 5) is 26.2. The van der Waals surface area contributed by atoms with Crippen molar-refractivity contribution in [2.75, 3.05) is 13.2 Å². The molecule has 0 aliphatic carbocycles. The van der Waals surface area contributed by atoms with Gasteiger partial charge in [0.05, 0.1) is 11.7 Å². The minimum Gasteiger partial charge on any atom is -0.477 e. The summed E-state index contributed by atoms with van der Waals surface area (Å²) in [6.07, 6.45) is 2.37.